The van der Waals surface area contributed by atoms with Gasteiger partial charge in [0.15, 0.2) is 5.72 Å². The molecule has 8 atom stereocenters. The summed E-state index contributed by atoms with van der Waals surface area (Å²) in [6, 6.07) is 2.62. The molecule has 15 heteroatoms. The maximum Gasteiger partial charge on any atom is 0.409 e. The van der Waals surface area contributed by atoms with Gasteiger partial charge in [-0.2, -0.15) is 0 Å². The molecule has 53 heavy (non-hydrogen) atoms. The Hall–Kier alpha value is -3.69. The molecule has 294 valence electrons. The van der Waals surface area contributed by atoms with Crippen LogP contribution in [-0.4, -0.2) is 111 Å². The summed E-state index contributed by atoms with van der Waals surface area (Å²) in [5, 5.41) is 14.5. The number of nitrogens with two attached hydrogens (primary N) is 1. The number of alkyl carbamates (subject to hydrolysis) is 1. The molecule has 0 spiro atoms. The number of nitrogens with zero attached hydrogens (tertiary/aromatic N) is 2. The van der Waals surface area contributed by atoms with E-state index in [1.54, 1.807) is 52.1 Å². The highest BCUT2D eigenvalue weighted by atomic mass is 35.5. The third kappa shape index (κ3) is 9.71. The topological polar surface area (TPSA) is 182 Å². The lowest BCUT2D eigenvalue weighted by molar-refractivity contribution is -0.162. The van der Waals surface area contributed by atoms with Crippen molar-refractivity contribution in [3.05, 3.63) is 46.5 Å². The van der Waals surface area contributed by atoms with Gasteiger partial charge >= 0.3 is 12.1 Å². The Morgan fingerprint density at radius 2 is 1.94 bits per heavy atom. The lowest BCUT2D eigenvalue weighted by Gasteiger charge is -2.42. The molecule has 4 rings (SSSR count). The van der Waals surface area contributed by atoms with Gasteiger partial charge in [0, 0.05) is 40.0 Å². The minimum Gasteiger partial charge on any atom is -0.495 e. The van der Waals surface area contributed by atoms with E-state index in [0.717, 1.165) is 24.0 Å². The highest BCUT2D eigenvalue weighted by Crippen LogP contribution is 2.49. The molecule has 1 aromatic rings. The first-order valence-corrected chi connectivity index (χ1v) is 18.4. The molecule has 1 aromatic carbocycles. The van der Waals surface area contributed by atoms with Gasteiger partial charge in [0.2, 0.25) is 11.8 Å². The lowest BCUT2D eigenvalue weighted by atomic mass is 9.83. The number of aliphatic hydroxyl groups is 1. The number of amides is 3. The number of fused-ring (bicyclic) bond motifs is 5. The van der Waals surface area contributed by atoms with Crippen LogP contribution in [0.1, 0.15) is 71.8 Å². The standard InChI is InChI=1S/C38H55ClN4O10/c1-22-13-12-14-29(50-8)38(48)21-28(51-36(47)41-38)23(2)34-37(4,53-34)30(52-35(46)24(3)42(5)31(44)15-10-9-11-16-40)20-32(45)43(6)26-18-25(17-22)19-27(49-7)33(26)39/h12-14,18-19,23-24,28-30,34,48H,9-11,15-17,20-21,40H2,1-8H3,(H,41,47)/b14-12+,22-13+/t23-,24+,28?,29-,30+,34?,37+,38+/m1/s1. The van der Waals surface area contributed by atoms with Crippen LogP contribution in [0.5, 0.6) is 5.75 Å². The van der Waals surface area contributed by atoms with E-state index in [2.05, 4.69) is 5.32 Å². The van der Waals surface area contributed by atoms with Gasteiger partial charge in [-0.25, -0.2) is 9.59 Å². The van der Waals surface area contributed by atoms with Crippen molar-refractivity contribution in [3.8, 4) is 5.75 Å². The average Bonchev–Trinajstić information content (AvgIpc) is 3.81. The number of nitrogens with one attached hydrogen (secondary N) is 1. The highest BCUT2D eigenvalue weighted by Gasteiger charge is 2.64. The van der Waals surface area contributed by atoms with E-state index >= 15 is 0 Å². The number of benzene rings is 1. The summed E-state index contributed by atoms with van der Waals surface area (Å²) in [7, 11) is 6.04. The first-order chi connectivity index (χ1) is 25.0. The third-order valence-corrected chi connectivity index (χ3v) is 11.0. The van der Waals surface area contributed by atoms with Gasteiger partial charge in [0.1, 0.15) is 40.7 Å². The summed E-state index contributed by atoms with van der Waals surface area (Å²) in [6.45, 7) is 7.55. The second kappa shape index (κ2) is 17.6. The van der Waals surface area contributed by atoms with E-state index in [1.807, 2.05) is 13.0 Å². The molecule has 4 bridgehead atoms. The van der Waals surface area contributed by atoms with Crippen LogP contribution in [0.3, 0.4) is 0 Å². The predicted molar refractivity (Wildman–Crippen MR) is 198 cm³/mol. The number of hydrogen-bond acceptors (Lipinski definition) is 11. The van der Waals surface area contributed by atoms with E-state index in [9.17, 15) is 24.3 Å². The van der Waals surface area contributed by atoms with E-state index in [4.69, 9.17) is 41.0 Å². The number of allylic oxidation sites excluding steroid dienone is 3. The molecule has 2 unspecified atom stereocenters. The maximum absolute atomic E-state index is 14.1. The zero-order valence-corrected chi connectivity index (χ0v) is 32.7. The van der Waals surface area contributed by atoms with Crippen LogP contribution in [0.2, 0.25) is 5.02 Å². The van der Waals surface area contributed by atoms with Crippen molar-refractivity contribution in [3.63, 3.8) is 0 Å². The number of unbranched alkanes of at least 4 members (excludes halogenated alkanes) is 2. The first-order valence-electron chi connectivity index (χ1n) is 18.0. The number of halogens is 1. The number of hydrogen-bond donors (Lipinski definition) is 3. The van der Waals surface area contributed by atoms with Crippen molar-refractivity contribution < 1.29 is 48.0 Å². The molecule has 0 saturated carbocycles. The van der Waals surface area contributed by atoms with Crippen LogP contribution in [0, 0.1) is 5.92 Å². The number of likely N-dealkylation sites (N-methyl/N-ethyl adjacent to an activating group) is 1. The van der Waals surface area contributed by atoms with E-state index in [1.165, 1.54) is 31.1 Å². The van der Waals surface area contributed by atoms with Gasteiger partial charge in [-0.3, -0.25) is 14.9 Å². The van der Waals surface area contributed by atoms with Gasteiger partial charge in [0.25, 0.3) is 0 Å². The minimum absolute atomic E-state index is 0.0487. The molecule has 14 nitrogen and oxygen atoms in total. The molecule has 0 aliphatic carbocycles. The average molecular weight is 763 g/mol. The molecular weight excluding hydrogens is 708 g/mol. The highest BCUT2D eigenvalue weighted by molar-refractivity contribution is 6.35. The lowest BCUT2D eigenvalue weighted by Crippen LogP contribution is -2.63. The Bertz CT molecular complexity index is 1590. The summed E-state index contributed by atoms with van der Waals surface area (Å²) < 4.78 is 29.2. The number of ether oxygens (including phenoxy) is 5. The predicted octanol–water partition coefficient (Wildman–Crippen LogP) is 4.03. The Morgan fingerprint density at radius 1 is 1.23 bits per heavy atom. The number of carbonyl (C=O) groups is 4. The zero-order chi connectivity index (χ0) is 39.2. The SMILES string of the molecule is COc1cc2cc(c1Cl)N(C)C(=O)C[C@H](OC(=O)[C@H](C)N(C)C(=O)CCCCCN)[C@]1(C)OC1[C@H](C)C1C[C@@](O)(NC(=O)O1)[C@H](OC)/C=C/C=C(\C)C2. The fourth-order valence-corrected chi connectivity index (χ4v) is 7.30. The van der Waals surface area contributed by atoms with Crippen LogP contribution in [-0.2, 0) is 39.8 Å². The van der Waals surface area contributed by atoms with Crippen LogP contribution in [0.4, 0.5) is 10.5 Å². The summed E-state index contributed by atoms with van der Waals surface area (Å²) in [5.74, 6) is -1.52. The molecule has 3 heterocycles. The molecule has 0 aromatic heterocycles. The Kier molecular flexibility index (Phi) is 14.0. The Balaban J connectivity index is 1.72. The normalized spacial score (nSPS) is 31.2. The molecule has 3 aliphatic rings. The number of anilines is 1. The fraction of sp³-hybridized carbons (Fsp3) is 0.632. The molecule has 0 radical (unpaired) electrons. The smallest absolute Gasteiger partial charge is 0.409 e. The van der Waals surface area contributed by atoms with Crippen LogP contribution in [0.15, 0.2) is 35.9 Å². The fourth-order valence-electron chi connectivity index (χ4n) is 6.99. The summed E-state index contributed by atoms with van der Waals surface area (Å²) in [4.78, 5) is 56.4. The van der Waals surface area contributed by atoms with Crippen molar-refractivity contribution in [2.75, 3.05) is 39.8 Å². The van der Waals surface area contributed by atoms with Crippen molar-refractivity contribution in [2.45, 2.75) is 114 Å². The summed E-state index contributed by atoms with van der Waals surface area (Å²) >= 11 is 6.76. The van der Waals surface area contributed by atoms with Crippen LogP contribution in [0.25, 0.3) is 0 Å². The second-order valence-electron chi connectivity index (χ2n) is 14.5. The zero-order valence-electron chi connectivity index (χ0n) is 32.0. The third-order valence-electron chi connectivity index (χ3n) is 10.6. The molecule has 2 fully saturated rings. The number of carbonyl (C=O) groups excluding carboxylic acids is 4. The number of rotatable bonds is 10. The summed E-state index contributed by atoms with van der Waals surface area (Å²) in [6.07, 6.45) is 3.45. The largest absolute Gasteiger partial charge is 0.495 e. The van der Waals surface area contributed by atoms with E-state index in [-0.39, 0.29) is 30.2 Å². The van der Waals surface area contributed by atoms with Crippen LogP contribution < -0.4 is 20.7 Å². The number of esters is 1. The van der Waals surface area contributed by atoms with Crippen molar-refractivity contribution >= 4 is 41.2 Å². The van der Waals surface area contributed by atoms with E-state index < -0.39 is 65.7 Å². The summed E-state index contributed by atoms with van der Waals surface area (Å²) in [5.41, 5.74) is 4.67. The second-order valence-corrected chi connectivity index (χ2v) is 14.9. The number of epoxide rings is 1. The monoisotopic (exact) mass is 762 g/mol. The number of methoxy groups -OCH3 is 2. The quantitative estimate of drug-likeness (QED) is 0.178. The molecule has 2 saturated heterocycles. The van der Waals surface area contributed by atoms with Crippen LogP contribution >= 0.6 is 11.6 Å². The minimum atomic E-state index is -1.82. The molecular formula is C38H55ClN4O10. The maximum atomic E-state index is 14.1. The molecule has 3 amide bonds. The van der Waals surface area contributed by atoms with Crippen molar-refractivity contribution in [1.29, 1.82) is 0 Å². The Labute approximate surface area is 316 Å². The molecule has 4 N–H and O–H groups in total. The molecule has 3 aliphatic heterocycles. The van der Waals surface area contributed by atoms with Crippen molar-refractivity contribution in [2.24, 2.45) is 11.7 Å². The van der Waals surface area contributed by atoms with Gasteiger partial charge in [0.05, 0.1) is 25.3 Å². The van der Waals surface area contributed by atoms with Gasteiger partial charge in [-0.05, 0) is 64.3 Å². The first kappa shape index (κ1) is 42.1. The van der Waals surface area contributed by atoms with E-state index in [0.29, 0.717) is 30.8 Å². The van der Waals surface area contributed by atoms with Gasteiger partial charge < -0.3 is 44.3 Å². The van der Waals surface area contributed by atoms with Gasteiger partial charge in [-0.15, -0.1) is 0 Å². The Morgan fingerprint density at radius 3 is 2.60 bits per heavy atom. The van der Waals surface area contributed by atoms with Crippen molar-refractivity contribution in [1.82, 2.24) is 10.2 Å². The van der Waals surface area contributed by atoms with Gasteiger partial charge in [-0.1, -0.05) is 48.7 Å².